The molecule has 0 amide bonds. The van der Waals surface area contributed by atoms with Gasteiger partial charge < -0.3 is 9.47 Å². The largest absolute Gasteiger partial charge is 0.469 e. The van der Waals surface area contributed by atoms with Crippen LogP contribution in [0.4, 0.5) is 0 Å². The zero-order chi connectivity index (χ0) is 20.3. The molecule has 0 radical (unpaired) electrons. The first-order valence-electron chi connectivity index (χ1n) is 10.4. The van der Waals surface area contributed by atoms with Gasteiger partial charge in [0.15, 0.2) is 5.78 Å². The molecule has 0 aromatic carbocycles. The van der Waals surface area contributed by atoms with Crippen LogP contribution in [0.5, 0.6) is 0 Å². The smallest absolute Gasteiger partial charge is 0.305 e. The van der Waals surface area contributed by atoms with Gasteiger partial charge in [-0.05, 0) is 57.6 Å². The number of carbonyl (C=O) groups is 2. The molecule has 1 atom stereocenters. The maximum atomic E-state index is 11.9. The lowest BCUT2D eigenvalue weighted by molar-refractivity contribution is -0.140. The van der Waals surface area contributed by atoms with Gasteiger partial charge in [-0.15, -0.1) is 0 Å². The average Bonchev–Trinajstić information content (AvgIpc) is 2.96. The summed E-state index contributed by atoms with van der Waals surface area (Å²) in [5, 5.41) is 0. The second kappa shape index (κ2) is 12.1. The molecule has 1 aliphatic rings. The van der Waals surface area contributed by atoms with Gasteiger partial charge in [-0.1, -0.05) is 44.8 Å². The second-order valence-electron chi connectivity index (χ2n) is 8.29. The molecule has 0 saturated carbocycles. The molecule has 0 fully saturated rings. The van der Waals surface area contributed by atoms with Crippen molar-refractivity contribution in [2.45, 2.75) is 104 Å². The molecule has 0 aromatic rings. The fourth-order valence-electron chi connectivity index (χ4n) is 3.46. The number of methoxy groups -OCH3 is 1. The van der Waals surface area contributed by atoms with E-state index in [0.29, 0.717) is 18.6 Å². The van der Waals surface area contributed by atoms with Crippen molar-refractivity contribution in [3.05, 3.63) is 23.3 Å². The molecule has 0 N–H and O–H groups in total. The van der Waals surface area contributed by atoms with Crippen molar-refractivity contribution in [2.24, 2.45) is 0 Å². The Morgan fingerprint density at radius 2 is 1.78 bits per heavy atom. The fourth-order valence-corrected chi connectivity index (χ4v) is 3.46. The number of allylic oxidation sites excluding steroid dienone is 3. The Labute approximate surface area is 165 Å². The van der Waals surface area contributed by atoms with Gasteiger partial charge in [-0.2, -0.15) is 0 Å². The van der Waals surface area contributed by atoms with E-state index in [1.807, 2.05) is 0 Å². The highest BCUT2D eigenvalue weighted by Crippen LogP contribution is 2.27. The van der Waals surface area contributed by atoms with E-state index in [1.54, 1.807) is 0 Å². The van der Waals surface area contributed by atoms with E-state index < -0.39 is 0 Å². The number of unbranched alkanes of at least 4 members (excludes halogenated alkanes) is 4. The molecule has 4 nitrogen and oxygen atoms in total. The van der Waals surface area contributed by atoms with E-state index in [0.717, 1.165) is 56.9 Å². The van der Waals surface area contributed by atoms with Crippen LogP contribution >= 0.6 is 0 Å². The summed E-state index contributed by atoms with van der Waals surface area (Å²) in [6.45, 7) is 8.29. The minimum Gasteiger partial charge on any atom is -0.469 e. The number of hydrogen-bond acceptors (Lipinski definition) is 4. The number of carbonyl (C=O) groups excluding carboxylic acids is 2. The Bertz CT molecular complexity index is 537. The lowest BCUT2D eigenvalue weighted by Crippen LogP contribution is -2.26. The normalized spacial score (nSPS) is 16.4. The lowest BCUT2D eigenvalue weighted by atomic mass is 10.0. The molecule has 0 spiro atoms. The molecule has 0 aromatic heterocycles. The third-order valence-electron chi connectivity index (χ3n) is 4.81. The van der Waals surface area contributed by atoms with E-state index in [2.05, 4.69) is 44.6 Å². The fraction of sp³-hybridized carbons (Fsp3) is 0.739. The molecule has 0 unspecified atom stereocenters. The van der Waals surface area contributed by atoms with Gasteiger partial charge in [0, 0.05) is 12.8 Å². The molecule has 4 heteroatoms. The third-order valence-corrected chi connectivity index (χ3v) is 4.81. The lowest BCUT2D eigenvalue weighted by Gasteiger charge is -2.26. The van der Waals surface area contributed by atoms with E-state index >= 15 is 0 Å². The van der Waals surface area contributed by atoms with Gasteiger partial charge in [0.25, 0.3) is 0 Å². The van der Waals surface area contributed by atoms with Crippen molar-refractivity contribution in [3.8, 4) is 0 Å². The van der Waals surface area contributed by atoms with Crippen LogP contribution in [0.25, 0.3) is 0 Å². The standard InChI is InChI=1S/C23H38O4/c1-6-20-18(15-17-21(20)24)14-16-19(27-23(2,3)4)12-10-8-7-9-11-13-22(25)26-5/h14,16,19H,6-13,15,17H2,1-5H3/b16-14+/t19-/m0/s1. The molecule has 0 bridgehead atoms. The number of rotatable bonds is 12. The van der Waals surface area contributed by atoms with Gasteiger partial charge in [0.2, 0.25) is 0 Å². The van der Waals surface area contributed by atoms with Gasteiger partial charge in [-0.3, -0.25) is 9.59 Å². The topological polar surface area (TPSA) is 52.6 Å². The maximum Gasteiger partial charge on any atom is 0.305 e. The summed E-state index contributed by atoms with van der Waals surface area (Å²) in [6, 6.07) is 0. The Balaban J connectivity index is 2.46. The second-order valence-corrected chi connectivity index (χ2v) is 8.29. The molecular weight excluding hydrogens is 340 g/mol. The first-order valence-corrected chi connectivity index (χ1v) is 10.4. The summed E-state index contributed by atoms with van der Waals surface area (Å²) in [4.78, 5) is 23.0. The van der Waals surface area contributed by atoms with Gasteiger partial charge in [-0.25, -0.2) is 0 Å². The molecular formula is C23H38O4. The third kappa shape index (κ3) is 9.90. The van der Waals surface area contributed by atoms with Crippen molar-refractivity contribution in [1.29, 1.82) is 0 Å². The number of Topliss-reactive ketones (excluding diaryl/α,β-unsaturated/α-hetero) is 1. The Morgan fingerprint density at radius 3 is 2.41 bits per heavy atom. The van der Waals surface area contributed by atoms with Crippen molar-refractivity contribution >= 4 is 11.8 Å². The highest BCUT2D eigenvalue weighted by molar-refractivity contribution is 5.99. The van der Waals surface area contributed by atoms with Crippen LogP contribution in [-0.4, -0.2) is 30.6 Å². The summed E-state index contributed by atoms with van der Waals surface area (Å²) < 4.78 is 10.9. The molecule has 154 valence electrons. The van der Waals surface area contributed by atoms with Crippen molar-refractivity contribution in [2.75, 3.05) is 7.11 Å². The Hall–Kier alpha value is -1.42. The van der Waals surface area contributed by atoms with Crippen LogP contribution in [0.15, 0.2) is 23.3 Å². The molecule has 0 aliphatic heterocycles. The minimum absolute atomic E-state index is 0.0707. The summed E-state index contributed by atoms with van der Waals surface area (Å²) in [5.74, 6) is 0.183. The van der Waals surface area contributed by atoms with Crippen molar-refractivity contribution < 1.29 is 19.1 Å². The summed E-state index contributed by atoms with van der Waals surface area (Å²) in [6.07, 6.45) is 13.5. The van der Waals surface area contributed by atoms with Gasteiger partial charge in [0.05, 0.1) is 18.8 Å². The predicted octanol–water partition coefficient (Wildman–Crippen LogP) is 5.70. The summed E-state index contributed by atoms with van der Waals surface area (Å²) >= 11 is 0. The Morgan fingerprint density at radius 1 is 1.11 bits per heavy atom. The van der Waals surface area contributed by atoms with Crippen LogP contribution in [-0.2, 0) is 19.1 Å². The van der Waals surface area contributed by atoms with Crippen LogP contribution < -0.4 is 0 Å². The van der Waals surface area contributed by atoms with Crippen LogP contribution in [0, 0.1) is 0 Å². The zero-order valence-corrected chi connectivity index (χ0v) is 17.9. The minimum atomic E-state index is -0.191. The van der Waals surface area contributed by atoms with Crippen LogP contribution in [0.3, 0.4) is 0 Å². The molecule has 0 heterocycles. The summed E-state index contributed by atoms with van der Waals surface area (Å²) in [5.41, 5.74) is 1.99. The van der Waals surface area contributed by atoms with E-state index in [9.17, 15) is 9.59 Å². The zero-order valence-electron chi connectivity index (χ0n) is 17.9. The quantitative estimate of drug-likeness (QED) is 0.323. The number of esters is 1. The maximum absolute atomic E-state index is 11.9. The van der Waals surface area contributed by atoms with E-state index in [4.69, 9.17) is 4.74 Å². The molecule has 1 aliphatic carbocycles. The first kappa shape index (κ1) is 23.6. The monoisotopic (exact) mass is 378 g/mol. The molecule has 27 heavy (non-hydrogen) atoms. The number of ether oxygens (including phenoxy) is 2. The Kier molecular flexibility index (Phi) is 10.6. The first-order chi connectivity index (χ1) is 12.8. The van der Waals surface area contributed by atoms with Crippen LogP contribution in [0.1, 0.15) is 91.9 Å². The van der Waals surface area contributed by atoms with Gasteiger partial charge in [0.1, 0.15) is 0 Å². The van der Waals surface area contributed by atoms with E-state index in [1.165, 1.54) is 12.7 Å². The van der Waals surface area contributed by atoms with Gasteiger partial charge >= 0.3 is 5.97 Å². The average molecular weight is 379 g/mol. The van der Waals surface area contributed by atoms with E-state index in [-0.39, 0.29) is 17.7 Å². The number of hydrogen-bond donors (Lipinski definition) is 0. The number of ketones is 1. The SMILES string of the molecule is CCC1=C(/C=C/[C@H](CCCCCCCC(=O)OC)OC(C)(C)C)CCC1=O. The predicted molar refractivity (Wildman–Crippen MR) is 110 cm³/mol. The van der Waals surface area contributed by atoms with Crippen LogP contribution in [0.2, 0.25) is 0 Å². The van der Waals surface area contributed by atoms with Crippen molar-refractivity contribution in [3.63, 3.8) is 0 Å². The highest BCUT2D eigenvalue weighted by atomic mass is 16.5. The van der Waals surface area contributed by atoms with Crippen molar-refractivity contribution in [1.82, 2.24) is 0 Å². The molecule has 1 rings (SSSR count). The molecule has 0 saturated heterocycles. The summed E-state index contributed by atoms with van der Waals surface area (Å²) in [7, 11) is 1.44. The highest BCUT2D eigenvalue weighted by Gasteiger charge is 2.21.